The summed E-state index contributed by atoms with van der Waals surface area (Å²) in [5, 5.41) is 3.62. The van der Waals surface area contributed by atoms with Gasteiger partial charge in [0, 0.05) is 30.9 Å². The Bertz CT molecular complexity index is 847. The van der Waals surface area contributed by atoms with Gasteiger partial charge < -0.3 is 19.9 Å². The predicted molar refractivity (Wildman–Crippen MR) is 103 cm³/mol. The number of likely N-dealkylation sites (tertiary alicyclic amines) is 1. The number of H-pyrrole nitrogens is 1. The molecule has 2 aromatic rings. The van der Waals surface area contributed by atoms with Crippen molar-refractivity contribution in [2.45, 2.75) is 24.4 Å². The van der Waals surface area contributed by atoms with Crippen LogP contribution in [0.2, 0.25) is 0 Å². The molecule has 2 heterocycles. The molecule has 0 spiro atoms. The quantitative estimate of drug-likeness (QED) is 0.618. The lowest BCUT2D eigenvalue weighted by Gasteiger charge is -2.27. The summed E-state index contributed by atoms with van der Waals surface area (Å²) in [6.07, 6.45) is 5.09. The fourth-order valence-corrected chi connectivity index (χ4v) is 3.35. The minimum absolute atomic E-state index is 0.00736. The fourth-order valence-electron chi connectivity index (χ4n) is 2.96. The van der Waals surface area contributed by atoms with Crippen molar-refractivity contribution in [3.63, 3.8) is 0 Å². The minimum atomic E-state index is -0.226. The molecule has 0 bridgehead atoms. The topological polar surface area (TPSA) is 87.3 Å². The normalized spacial score (nSPS) is 14.2. The van der Waals surface area contributed by atoms with Gasteiger partial charge in [0.25, 0.3) is 11.5 Å². The largest absolute Gasteiger partial charge is 0.496 e. The number of carbonyl (C=O) groups is 1. The Balaban J connectivity index is 1.83. The zero-order valence-corrected chi connectivity index (χ0v) is 15.7. The van der Waals surface area contributed by atoms with E-state index in [0.29, 0.717) is 28.0 Å². The van der Waals surface area contributed by atoms with Crippen molar-refractivity contribution < 1.29 is 9.53 Å². The first kappa shape index (κ1) is 18.3. The molecule has 1 fully saturated rings. The van der Waals surface area contributed by atoms with Crippen LogP contribution in [0, 0.1) is 0 Å². The molecule has 1 aliphatic rings. The maximum absolute atomic E-state index is 12.7. The molecule has 1 aromatic carbocycles. The molecule has 8 heteroatoms. The van der Waals surface area contributed by atoms with Crippen molar-refractivity contribution in [1.82, 2.24) is 14.9 Å². The van der Waals surface area contributed by atoms with Crippen LogP contribution in [-0.2, 0) is 0 Å². The summed E-state index contributed by atoms with van der Waals surface area (Å²) < 4.78 is 5.42. The molecule has 0 atom stereocenters. The Morgan fingerprint density at radius 1 is 1.27 bits per heavy atom. The van der Waals surface area contributed by atoms with Gasteiger partial charge in [-0.3, -0.25) is 9.59 Å². The third-order valence-corrected chi connectivity index (χ3v) is 4.84. The van der Waals surface area contributed by atoms with E-state index in [4.69, 9.17) is 4.74 Å². The highest BCUT2D eigenvalue weighted by molar-refractivity contribution is 7.98. The number of nitrogens with one attached hydrogen (secondary N) is 2. The van der Waals surface area contributed by atoms with Gasteiger partial charge in [0.1, 0.15) is 11.6 Å². The summed E-state index contributed by atoms with van der Waals surface area (Å²) in [7, 11) is 1.55. The summed E-state index contributed by atoms with van der Waals surface area (Å²) in [6.45, 7) is 1.58. The molecule has 0 saturated carbocycles. The first-order chi connectivity index (χ1) is 12.6. The van der Waals surface area contributed by atoms with Gasteiger partial charge in [-0.25, -0.2) is 4.98 Å². The lowest BCUT2D eigenvalue weighted by atomic mass is 10.1. The number of aromatic nitrogens is 2. The van der Waals surface area contributed by atoms with Crippen LogP contribution in [0.1, 0.15) is 29.6 Å². The van der Waals surface area contributed by atoms with E-state index in [2.05, 4.69) is 15.3 Å². The van der Waals surface area contributed by atoms with Crippen LogP contribution in [0.5, 0.6) is 5.75 Å². The van der Waals surface area contributed by atoms with E-state index in [1.807, 2.05) is 11.2 Å². The summed E-state index contributed by atoms with van der Waals surface area (Å²) in [6, 6.07) is 6.68. The zero-order valence-electron chi connectivity index (χ0n) is 14.9. The van der Waals surface area contributed by atoms with Gasteiger partial charge in [-0.15, -0.1) is 0 Å². The molecule has 0 unspecified atom stereocenters. The number of rotatable bonds is 5. The third-order valence-electron chi connectivity index (χ3n) is 4.26. The van der Waals surface area contributed by atoms with Crippen molar-refractivity contribution in [2.24, 2.45) is 0 Å². The van der Waals surface area contributed by atoms with E-state index < -0.39 is 0 Å². The first-order valence-electron chi connectivity index (χ1n) is 8.50. The molecule has 7 nitrogen and oxygen atoms in total. The highest BCUT2D eigenvalue weighted by Gasteiger charge is 2.21. The average molecular weight is 374 g/mol. The lowest BCUT2D eigenvalue weighted by molar-refractivity contribution is 0.0721. The van der Waals surface area contributed by atoms with Gasteiger partial charge in [-0.05, 0) is 37.7 Å². The third kappa shape index (κ3) is 4.19. The molecule has 3 rings (SSSR count). The molecule has 1 aromatic heterocycles. The summed E-state index contributed by atoms with van der Waals surface area (Å²) in [5.41, 5.74) is 1.02. The number of aromatic amines is 1. The Morgan fingerprint density at radius 3 is 2.73 bits per heavy atom. The van der Waals surface area contributed by atoms with E-state index in [0.717, 1.165) is 25.9 Å². The SMILES string of the molecule is COc1cc(Nc2cc(=O)[nH]c(SC)n2)ccc1C(=O)N1CCCCC1. The minimum Gasteiger partial charge on any atom is -0.496 e. The summed E-state index contributed by atoms with van der Waals surface area (Å²) >= 11 is 1.36. The molecule has 0 radical (unpaired) electrons. The van der Waals surface area contributed by atoms with Crippen LogP contribution < -0.4 is 15.6 Å². The number of methoxy groups -OCH3 is 1. The highest BCUT2D eigenvalue weighted by Crippen LogP contribution is 2.27. The monoisotopic (exact) mass is 374 g/mol. The van der Waals surface area contributed by atoms with E-state index in [1.54, 1.807) is 25.3 Å². The zero-order chi connectivity index (χ0) is 18.5. The first-order valence-corrected chi connectivity index (χ1v) is 9.73. The molecular formula is C18H22N4O3S. The van der Waals surface area contributed by atoms with Crippen molar-refractivity contribution in [2.75, 3.05) is 31.8 Å². The van der Waals surface area contributed by atoms with Crippen LogP contribution in [0.4, 0.5) is 11.5 Å². The Hall–Kier alpha value is -2.48. The van der Waals surface area contributed by atoms with Crippen molar-refractivity contribution in [3.8, 4) is 5.75 Å². The fraction of sp³-hybridized carbons (Fsp3) is 0.389. The van der Waals surface area contributed by atoms with Gasteiger partial charge >= 0.3 is 0 Å². The molecule has 0 aliphatic carbocycles. The van der Waals surface area contributed by atoms with Crippen LogP contribution >= 0.6 is 11.8 Å². The average Bonchev–Trinajstić information content (AvgIpc) is 2.67. The number of carbonyl (C=O) groups excluding carboxylic acids is 1. The number of ether oxygens (including phenoxy) is 1. The molecule has 138 valence electrons. The van der Waals surface area contributed by atoms with Gasteiger partial charge in [-0.2, -0.15) is 0 Å². The van der Waals surface area contributed by atoms with Crippen molar-refractivity contribution >= 4 is 29.2 Å². The standard InChI is InChI=1S/C18H22N4O3S/c1-25-14-10-12(19-15-11-16(23)21-18(20-15)26-2)6-7-13(14)17(24)22-8-4-3-5-9-22/h6-7,10-11H,3-5,8-9H2,1-2H3,(H2,19,20,21,23). The Kier molecular flexibility index (Phi) is 5.82. The number of thioether (sulfide) groups is 1. The van der Waals surface area contributed by atoms with E-state index in [1.165, 1.54) is 24.2 Å². The lowest BCUT2D eigenvalue weighted by Crippen LogP contribution is -2.35. The highest BCUT2D eigenvalue weighted by atomic mass is 32.2. The van der Waals surface area contributed by atoms with Crippen LogP contribution in [0.15, 0.2) is 34.2 Å². The predicted octanol–water partition coefficient (Wildman–Crippen LogP) is 2.87. The van der Waals surface area contributed by atoms with E-state index in [-0.39, 0.29) is 11.5 Å². The Morgan fingerprint density at radius 2 is 2.04 bits per heavy atom. The van der Waals surface area contributed by atoms with Crippen LogP contribution in [0.25, 0.3) is 0 Å². The van der Waals surface area contributed by atoms with Crippen LogP contribution in [-0.4, -0.2) is 47.2 Å². The molecule has 1 aliphatic heterocycles. The van der Waals surface area contributed by atoms with Gasteiger partial charge in [-0.1, -0.05) is 11.8 Å². The number of benzene rings is 1. The van der Waals surface area contributed by atoms with E-state index >= 15 is 0 Å². The maximum Gasteiger partial charge on any atom is 0.257 e. The molecule has 26 heavy (non-hydrogen) atoms. The number of nitrogens with zero attached hydrogens (tertiary/aromatic N) is 2. The van der Waals surface area contributed by atoms with Gasteiger partial charge in [0.05, 0.1) is 12.7 Å². The van der Waals surface area contributed by atoms with Crippen molar-refractivity contribution in [1.29, 1.82) is 0 Å². The van der Waals surface area contributed by atoms with Crippen molar-refractivity contribution in [3.05, 3.63) is 40.2 Å². The second kappa shape index (κ2) is 8.27. The summed E-state index contributed by atoms with van der Waals surface area (Å²) in [4.78, 5) is 33.3. The molecule has 2 N–H and O–H groups in total. The van der Waals surface area contributed by atoms with Crippen LogP contribution in [0.3, 0.4) is 0 Å². The summed E-state index contributed by atoms with van der Waals surface area (Å²) in [5.74, 6) is 0.933. The number of amides is 1. The maximum atomic E-state index is 12.7. The molecule has 1 amide bonds. The second-order valence-electron chi connectivity index (χ2n) is 6.03. The number of anilines is 2. The number of piperidine rings is 1. The smallest absolute Gasteiger partial charge is 0.257 e. The molecular weight excluding hydrogens is 352 g/mol. The van der Waals surface area contributed by atoms with Gasteiger partial charge in [0.15, 0.2) is 5.16 Å². The Labute approximate surface area is 156 Å². The number of hydrogen-bond acceptors (Lipinski definition) is 6. The molecule has 1 saturated heterocycles. The number of hydrogen-bond donors (Lipinski definition) is 2. The second-order valence-corrected chi connectivity index (χ2v) is 6.83. The van der Waals surface area contributed by atoms with E-state index in [9.17, 15) is 9.59 Å². The van der Waals surface area contributed by atoms with Gasteiger partial charge in [0.2, 0.25) is 0 Å².